The molecule has 2 heterocycles. The van der Waals surface area contributed by atoms with Gasteiger partial charge in [-0.3, -0.25) is 0 Å². The molecule has 1 aliphatic rings. The maximum atomic E-state index is 4.66. The zero-order valence-corrected chi connectivity index (χ0v) is 14.3. The van der Waals surface area contributed by atoms with E-state index >= 15 is 0 Å². The zero-order valence-electron chi connectivity index (χ0n) is 13.4. The second kappa shape index (κ2) is 6.39. The molecule has 1 aromatic heterocycles. The van der Waals surface area contributed by atoms with Crippen LogP contribution in [0.1, 0.15) is 59.2 Å². The van der Waals surface area contributed by atoms with Crippen molar-refractivity contribution in [3.05, 3.63) is 5.82 Å². The van der Waals surface area contributed by atoms with Gasteiger partial charge in [0.15, 0.2) is 0 Å². The van der Waals surface area contributed by atoms with E-state index in [1.165, 1.54) is 12.8 Å². The van der Waals surface area contributed by atoms with Crippen molar-refractivity contribution in [3.8, 4) is 0 Å². The number of piperidine rings is 1. The van der Waals surface area contributed by atoms with E-state index in [0.717, 1.165) is 36.5 Å². The third-order valence-electron chi connectivity index (χ3n) is 3.75. The minimum Gasteiger partial charge on any atom is -0.347 e. The molecule has 0 radical (unpaired) electrons. The topological polar surface area (TPSA) is 41.1 Å². The van der Waals surface area contributed by atoms with Crippen molar-refractivity contribution in [3.63, 3.8) is 0 Å². The lowest BCUT2D eigenvalue weighted by Gasteiger charge is -2.33. The maximum Gasteiger partial charge on any atom is 0.205 e. The minimum absolute atomic E-state index is 0.225. The predicted molar refractivity (Wildman–Crippen MR) is 86.7 cm³/mol. The first-order chi connectivity index (χ1) is 9.35. The van der Waals surface area contributed by atoms with Crippen molar-refractivity contribution >= 4 is 16.7 Å². The summed E-state index contributed by atoms with van der Waals surface area (Å²) in [6.07, 6.45) is 2.50. The summed E-state index contributed by atoms with van der Waals surface area (Å²) in [5.74, 6) is 2.21. The van der Waals surface area contributed by atoms with Crippen molar-refractivity contribution in [2.24, 2.45) is 5.92 Å². The van der Waals surface area contributed by atoms with Crippen LogP contribution in [0.15, 0.2) is 0 Å². The fraction of sp³-hybridized carbons (Fsp3) is 0.867. The van der Waals surface area contributed by atoms with Crippen molar-refractivity contribution in [2.75, 3.05) is 24.5 Å². The molecule has 2 rings (SSSR count). The fourth-order valence-corrected chi connectivity index (χ4v) is 3.23. The van der Waals surface area contributed by atoms with Crippen LogP contribution >= 0.6 is 11.5 Å². The number of hydrogen-bond donors (Lipinski definition) is 1. The zero-order chi connectivity index (χ0) is 14.8. The molecular weight excluding hydrogens is 268 g/mol. The maximum absolute atomic E-state index is 4.66. The van der Waals surface area contributed by atoms with Crippen LogP contribution in [-0.2, 0) is 0 Å². The van der Waals surface area contributed by atoms with Gasteiger partial charge in [-0.2, -0.15) is 4.37 Å². The molecule has 1 aliphatic heterocycles. The van der Waals surface area contributed by atoms with E-state index < -0.39 is 0 Å². The fourth-order valence-electron chi connectivity index (χ4n) is 2.37. The third-order valence-corrected chi connectivity index (χ3v) is 4.54. The molecule has 0 saturated carbocycles. The van der Waals surface area contributed by atoms with Crippen LogP contribution in [0.25, 0.3) is 0 Å². The van der Waals surface area contributed by atoms with Gasteiger partial charge in [-0.15, -0.1) is 0 Å². The Morgan fingerprint density at radius 3 is 2.45 bits per heavy atom. The largest absolute Gasteiger partial charge is 0.347 e. The molecule has 1 saturated heterocycles. The number of nitrogens with zero attached hydrogens (tertiary/aromatic N) is 3. The molecule has 0 bridgehead atoms. The quantitative estimate of drug-likeness (QED) is 0.926. The normalized spacial score (nSPS) is 18.0. The van der Waals surface area contributed by atoms with Gasteiger partial charge in [0.2, 0.25) is 5.13 Å². The Hall–Kier alpha value is -0.680. The number of nitrogens with one attached hydrogen (secondary N) is 1. The van der Waals surface area contributed by atoms with Gasteiger partial charge in [0, 0.05) is 36.1 Å². The molecule has 4 nitrogen and oxygen atoms in total. The van der Waals surface area contributed by atoms with Gasteiger partial charge in [-0.25, -0.2) is 4.98 Å². The molecule has 5 heteroatoms. The SMILES string of the molecule is CC(C)c1nsc(N2CCC(CNC(C)(C)C)CC2)n1. The van der Waals surface area contributed by atoms with Gasteiger partial charge in [-0.05, 0) is 46.1 Å². The van der Waals surface area contributed by atoms with E-state index in [2.05, 4.69) is 54.2 Å². The highest BCUT2D eigenvalue weighted by Crippen LogP contribution is 2.26. The Morgan fingerprint density at radius 2 is 1.95 bits per heavy atom. The summed E-state index contributed by atoms with van der Waals surface area (Å²) in [5.41, 5.74) is 0.225. The number of rotatable bonds is 4. The van der Waals surface area contributed by atoms with E-state index in [0.29, 0.717) is 5.92 Å². The second-order valence-electron chi connectivity index (χ2n) is 7.15. The van der Waals surface area contributed by atoms with E-state index in [4.69, 9.17) is 0 Å². The van der Waals surface area contributed by atoms with Gasteiger partial charge in [0.25, 0.3) is 0 Å². The minimum atomic E-state index is 0.225. The Bertz CT molecular complexity index is 414. The van der Waals surface area contributed by atoms with E-state index in [1.807, 2.05) is 0 Å². The van der Waals surface area contributed by atoms with Crippen LogP contribution in [-0.4, -0.2) is 34.5 Å². The summed E-state index contributed by atoms with van der Waals surface area (Å²) in [7, 11) is 0. The molecule has 0 atom stereocenters. The molecule has 114 valence electrons. The molecule has 0 spiro atoms. The Labute approximate surface area is 127 Å². The number of aromatic nitrogens is 2. The van der Waals surface area contributed by atoms with Crippen molar-refractivity contribution in [1.29, 1.82) is 0 Å². The summed E-state index contributed by atoms with van der Waals surface area (Å²) in [6.45, 7) is 14.4. The van der Waals surface area contributed by atoms with Crippen molar-refractivity contribution < 1.29 is 0 Å². The first-order valence-corrected chi connectivity index (χ1v) is 8.46. The lowest BCUT2D eigenvalue weighted by Crippen LogP contribution is -2.43. The summed E-state index contributed by atoms with van der Waals surface area (Å²) in [4.78, 5) is 7.06. The van der Waals surface area contributed by atoms with Crippen LogP contribution in [0.3, 0.4) is 0 Å². The molecule has 0 aromatic carbocycles. The van der Waals surface area contributed by atoms with Crippen LogP contribution in [0, 0.1) is 5.92 Å². The average molecular weight is 296 g/mol. The molecule has 1 fully saturated rings. The van der Waals surface area contributed by atoms with E-state index in [1.54, 1.807) is 11.5 Å². The van der Waals surface area contributed by atoms with E-state index in [9.17, 15) is 0 Å². The van der Waals surface area contributed by atoms with E-state index in [-0.39, 0.29) is 5.54 Å². The highest BCUT2D eigenvalue weighted by molar-refractivity contribution is 7.09. The van der Waals surface area contributed by atoms with Gasteiger partial charge < -0.3 is 10.2 Å². The average Bonchev–Trinajstić information content (AvgIpc) is 2.86. The molecule has 0 amide bonds. The molecule has 0 unspecified atom stereocenters. The predicted octanol–water partition coefficient (Wildman–Crippen LogP) is 3.27. The molecule has 0 aliphatic carbocycles. The second-order valence-corrected chi connectivity index (χ2v) is 7.88. The molecule has 1 N–H and O–H groups in total. The summed E-state index contributed by atoms with van der Waals surface area (Å²) in [6, 6.07) is 0. The monoisotopic (exact) mass is 296 g/mol. The highest BCUT2D eigenvalue weighted by atomic mass is 32.1. The smallest absolute Gasteiger partial charge is 0.205 e. The van der Waals surface area contributed by atoms with Crippen LogP contribution in [0.5, 0.6) is 0 Å². The third kappa shape index (κ3) is 4.42. The summed E-state index contributed by atoms with van der Waals surface area (Å²) in [5, 5.41) is 4.73. The Kier molecular flexibility index (Phi) is 5.02. The number of hydrogen-bond acceptors (Lipinski definition) is 5. The lowest BCUT2D eigenvalue weighted by atomic mass is 9.96. The van der Waals surface area contributed by atoms with Crippen molar-refractivity contribution in [1.82, 2.24) is 14.7 Å². The Morgan fingerprint density at radius 1 is 1.30 bits per heavy atom. The van der Waals surface area contributed by atoms with Gasteiger partial charge in [-0.1, -0.05) is 13.8 Å². The van der Waals surface area contributed by atoms with Crippen LogP contribution in [0.2, 0.25) is 0 Å². The van der Waals surface area contributed by atoms with Crippen LogP contribution in [0.4, 0.5) is 5.13 Å². The lowest BCUT2D eigenvalue weighted by molar-refractivity contribution is 0.329. The number of anilines is 1. The summed E-state index contributed by atoms with van der Waals surface area (Å²) >= 11 is 1.55. The standard InChI is InChI=1S/C15H28N4S/c1-11(2)13-17-14(20-18-13)19-8-6-12(7-9-19)10-16-15(3,4)5/h11-12,16H,6-10H2,1-5H3. The molecule has 1 aromatic rings. The first kappa shape index (κ1) is 15.7. The first-order valence-electron chi connectivity index (χ1n) is 7.69. The van der Waals surface area contributed by atoms with Gasteiger partial charge >= 0.3 is 0 Å². The van der Waals surface area contributed by atoms with Crippen LogP contribution < -0.4 is 10.2 Å². The van der Waals surface area contributed by atoms with Gasteiger partial charge in [0.1, 0.15) is 5.82 Å². The highest BCUT2D eigenvalue weighted by Gasteiger charge is 2.23. The Balaban J connectivity index is 1.81. The molecular formula is C15H28N4S. The van der Waals surface area contributed by atoms with Crippen molar-refractivity contribution in [2.45, 2.75) is 58.9 Å². The summed E-state index contributed by atoms with van der Waals surface area (Å²) < 4.78 is 4.46. The van der Waals surface area contributed by atoms with Gasteiger partial charge in [0.05, 0.1) is 0 Å². The molecule has 20 heavy (non-hydrogen) atoms.